The number of aromatic nitrogens is 1. The molecular weight excluding hydrogens is 350 g/mol. The summed E-state index contributed by atoms with van der Waals surface area (Å²) in [5.74, 6) is 1.02. The molecule has 2 aliphatic rings. The SMILES string of the molecule is CCOc1ccccc1CN1CCC(N2C[C@H](OC)[C@@H]2c2cccnc2)CC1. The molecule has 0 amide bonds. The molecular formula is C23H31N3O2. The zero-order valence-electron chi connectivity index (χ0n) is 17.0. The number of benzene rings is 1. The molecule has 4 rings (SSSR count). The van der Waals surface area contributed by atoms with Gasteiger partial charge in [-0.25, -0.2) is 0 Å². The average Bonchev–Trinajstić information content (AvgIpc) is 2.71. The number of piperidine rings is 1. The molecule has 0 aliphatic carbocycles. The third kappa shape index (κ3) is 4.07. The van der Waals surface area contributed by atoms with E-state index >= 15 is 0 Å². The van der Waals surface area contributed by atoms with Crippen molar-refractivity contribution in [3.8, 4) is 5.75 Å². The van der Waals surface area contributed by atoms with Crippen LogP contribution in [0.1, 0.15) is 36.9 Å². The van der Waals surface area contributed by atoms with Crippen LogP contribution in [-0.4, -0.2) is 60.3 Å². The zero-order valence-corrected chi connectivity index (χ0v) is 17.0. The number of methoxy groups -OCH3 is 1. The second-order valence-electron chi connectivity index (χ2n) is 7.75. The molecule has 2 aromatic rings. The van der Waals surface area contributed by atoms with Crippen molar-refractivity contribution in [1.82, 2.24) is 14.8 Å². The summed E-state index contributed by atoms with van der Waals surface area (Å²) in [6.07, 6.45) is 6.50. The van der Waals surface area contributed by atoms with Crippen LogP contribution in [0.3, 0.4) is 0 Å². The average molecular weight is 382 g/mol. The lowest BCUT2D eigenvalue weighted by atomic mass is 9.87. The third-order valence-electron chi connectivity index (χ3n) is 6.12. The molecule has 5 heteroatoms. The Morgan fingerprint density at radius 2 is 1.93 bits per heavy atom. The van der Waals surface area contributed by atoms with Crippen LogP contribution >= 0.6 is 0 Å². The first-order valence-electron chi connectivity index (χ1n) is 10.4. The molecule has 28 heavy (non-hydrogen) atoms. The summed E-state index contributed by atoms with van der Waals surface area (Å²) in [6, 6.07) is 13.6. The van der Waals surface area contributed by atoms with Crippen LogP contribution in [0, 0.1) is 0 Å². The highest BCUT2D eigenvalue weighted by molar-refractivity contribution is 5.33. The van der Waals surface area contributed by atoms with Crippen LogP contribution in [0.5, 0.6) is 5.75 Å². The predicted octanol–water partition coefficient (Wildman–Crippen LogP) is 3.52. The first-order valence-corrected chi connectivity index (χ1v) is 10.4. The summed E-state index contributed by atoms with van der Waals surface area (Å²) >= 11 is 0. The Hall–Kier alpha value is -1.95. The van der Waals surface area contributed by atoms with Gasteiger partial charge in [0.15, 0.2) is 0 Å². The molecule has 2 fully saturated rings. The van der Waals surface area contributed by atoms with Gasteiger partial charge in [-0.3, -0.25) is 14.8 Å². The van der Waals surface area contributed by atoms with E-state index in [9.17, 15) is 0 Å². The van der Waals surface area contributed by atoms with E-state index in [0.29, 0.717) is 18.7 Å². The highest BCUT2D eigenvalue weighted by atomic mass is 16.5. The van der Waals surface area contributed by atoms with Gasteiger partial charge in [-0.15, -0.1) is 0 Å². The second-order valence-corrected chi connectivity index (χ2v) is 7.75. The summed E-state index contributed by atoms with van der Waals surface area (Å²) < 4.78 is 11.5. The number of para-hydroxylation sites is 1. The van der Waals surface area contributed by atoms with Gasteiger partial charge in [-0.05, 0) is 50.6 Å². The van der Waals surface area contributed by atoms with Crippen molar-refractivity contribution in [3.63, 3.8) is 0 Å². The first-order chi connectivity index (χ1) is 13.8. The molecule has 2 atom stereocenters. The largest absolute Gasteiger partial charge is 0.494 e. The van der Waals surface area contributed by atoms with E-state index in [0.717, 1.165) is 31.9 Å². The number of hydrogen-bond acceptors (Lipinski definition) is 5. The van der Waals surface area contributed by atoms with Gasteiger partial charge in [0.05, 0.1) is 18.8 Å². The lowest BCUT2D eigenvalue weighted by Crippen LogP contribution is -2.60. The summed E-state index contributed by atoms with van der Waals surface area (Å²) in [5.41, 5.74) is 2.56. The number of pyridine rings is 1. The van der Waals surface area contributed by atoms with Crippen molar-refractivity contribution in [2.24, 2.45) is 0 Å². The van der Waals surface area contributed by atoms with Crippen LogP contribution < -0.4 is 4.74 Å². The molecule has 0 saturated carbocycles. The maximum atomic E-state index is 5.80. The Labute approximate surface area is 168 Å². The molecule has 5 nitrogen and oxygen atoms in total. The van der Waals surface area contributed by atoms with Gasteiger partial charge in [0.1, 0.15) is 5.75 Å². The van der Waals surface area contributed by atoms with Crippen LogP contribution in [0.25, 0.3) is 0 Å². The van der Waals surface area contributed by atoms with E-state index in [1.807, 2.05) is 32.5 Å². The normalized spacial score (nSPS) is 24.1. The van der Waals surface area contributed by atoms with Gasteiger partial charge < -0.3 is 9.47 Å². The topological polar surface area (TPSA) is 37.8 Å². The van der Waals surface area contributed by atoms with E-state index in [4.69, 9.17) is 9.47 Å². The predicted molar refractivity (Wildman–Crippen MR) is 110 cm³/mol. The van der Waals surface area contributed by atoms with Crippen molar-refractivity contribution in [3.05, 3.63) is 59.9 Å². The molecule has 2 aliphatic heterocycles. The quantitative estimate of drug-likeness (QED) is 0.734. The Kier molecular flexibility index (Phi) is 6.25. The minimum absolute atomic E-state index is 0.278. The summed E-state index contributed by atoms with van der Waals surface area (Å²) in [7, 11) is 1.82. The van der Waals surface area contributed by atoms with Gasteiger partial charge >= 0.3 is 0 Å². The van der Waals surface area contributed by atoms with Gasteiger partial charge in [0.25, 0.3) is 0 Å². The summed E-state index contributed by atoms with van der Waals surface area (Å²) in [6.45, 7) is 6.99. The minimum Gasteiger partial charge on any atom is -0.494 e. The van der Waals surface area contributed by atoms with Crippen molar-refractivity contribution in [1.29, 1.82) is 0 Å². The number of rotatable bonds is 7. The number of hydrogen-bond donors (Lipinski definition) is 0. The summed E-state index contributed by atoms with van der Waals surface area (Å²) in [5, 5.41) is 0. The van der Waals surface area contributed by atoms with Gasteiger partial charge in [-0.2, -0.15) is 0 Å². The van der Waals surface area contributed by atoms with Crippen LogP contribution in [0.15, 0.2) is 48.8 Å². The highest BCUT2D eigenvalue weighted by Gasteiger charge is 2.44. The summed E-state index contributed by atoms with van der Waals surface area (Å²) in [4.78, 5) is 9.49. The van der Waals surface area contributed by atoms with E-state index in [1.165, 1.54) is 24.0 Å². The Bertz CT molecular complexity index is 747. The van der Waals surface area contributed by atoms with Gasteiger partial charge in [-0.1, -0.05) is 24.3 Å². The van der Waals surface area contributed by atoms with Crippen LogP contribution in [0.4, 0.5) is 0 Å². The van der Waals surface area contributed by atoms with Crippen molar-refractivity contribution >= 4 is 0 Å². The molecule has 0 spiro atoms. The number of likely N-dealkylation sites (tertiary alicyclic amines) is 2. The first kappa shape index (κ1) is 19.4. The highest BCUT2D eigenvalue weighted by Crippen LogP contribution is 2.39. The minimum atomic E-state index is 0.278. The molecule has 3 heterocycles. The fraction of sp³-hybridized carbons (Fsp3) is 0.522. The maximum absolute atomic E-state index is 5.80. The van der Waals surface area contributed by atoms with Crippen LogP contribution in [-0.2, 0) is 11.3 Å². The Balaban J connectivity index is 1.35. The van der Waals surface area contributed by atoms with Crippen molar-refractivity contribution in [2.45, 2.75) is 44.5 Å². The smallest absolute Gasteiger partial charge is 0.123 e. The molecule has 0 N–H and O–H groups in total. The molecule has 0 bridgehead atoms. The fourth-order valence-electron chi connectivity index (χ4n) is 4.61. The van der Waals surface area contributed by atoms with Gasteiger partial charge in [0, 0.05) is 44.2 Å². The molecule has 150 valence electrons. The van der Waals surface area contributed by atoms with E-state index in [2.05, 4.69) is 45.1 Å². The number of nitrogens with zero attached hydrogens (tertiary/aromatic N) is 3. The molecule has 2 saturated heterocycles. The Morgan fingerprint density at radius 1 is 1.11 bits per heavy atom. The molecule has 0 radical (unpaired) electrons. The van der Waals surface area contributed by atoms with Crippen molar-refractivity contribution < 1.29 is 9.47 Å². The zero-order chi connectivity index (χ0) is 19.3. The lowest BCUT2D eigenvalue weighted by molar-refractivity contribution is -0.117. The van der Waals surface area contributed by atoms with Gasteiger partial charge in [0.2, 0.25) is 0 Å². The lowest BCUT2D eigenvalue weighted by Gasteiger charge is -2.53. The third-order valence-corrected chi connectivity index (χ3v) is 6.12. The van der Waals surface area contributed by atoms with Crippen molar-refractivity contribution in [2.75, 3.05) is 33.4 Å². The van der Waals surface area contributed by atoms with Crippen LogP contribution in [0.2, 0.25) is 0 Å². The standard InChI is InChI=1S/C23H31N3O2/c1-3-28-21-9-5-4-7-19(21)16-25-13-10-20(11-14-25)26-17-22(27-2)23(26)18-8-6-12-24-15-18/h4-9,12,15,20,22-23H,3,10-11,13-14,16-17H2,1-2H3/t22-,23-/m0/s1. The Morgan fingerprint density at radius 3 is 2.64 bits per heavy atom. The second kappa shape index (κ2) is 9.03. The molecule has 0 unspecified atom stereocenters. The number of ether oxygens (including phenoxy) is 2. The maximum Gasteiger partial charge on any atom is 0.123 e. The van der Waals surface area contributed by atoms with E-state index < -0.39 is 0 Å². The monoisotopic (exact) mass is 381 g/mol. The fourth-order valence-corrected chi connectivity index (χ4v) is 4.61. The van der Waals surface area contributed by atoms with E-state index in [-0.39, 0.29) is 6.10 Å². The van der Waals surface area contributed by atoms with E-state index in [1.54, 1.807) is 0 Å². The molecule has 1 aromatic carbocycles. The molecule has 1 aromatic heterocycles.